The molecule has 106 valence electrons. The number of esters is 1. The van der Waals surface area contributed by atoms with Crippen molar-refractivity contribution in [1.82, 2.24) is 4.31 Å². The van der Waals surface area contributed by atoms with Crippen LogP contribution in [0.3, 0.4) is 0 Å². The van der Waals surface area contributed by atoms with Gasteiger partial charge in [-0.2, -0.15) is 0 Å². The van der Waals surface area contributed by atoms with Crippen LogP contribution in [0.25, 0.3) is 0 Å². The first kappa shape index (κ1) is 13.1. The summed E-state index contributed by atoms with van der Waals surface area (Å²) in [6.45, 7) is 1.76. The maximum atomic E-state index is 12.4. The van der Waals surface area contributed by atoms with Gasteiger partial charge >= 0.3 is 5.97 Å². The fourth-order valence-electron chi connectivity index (χ4n) is 2.51. The molecule has 2 fully saturated rings. The highest BCUT2D eigenvalue weighted by atomic mass is 32.2. The normalized spacial score (nSPS) is 25.8. The van der Waals surface area contributed by atoms with Gasteiger partial charge in [-0.05, 0) is 19.1 Å². The summed E-state index contributed by atoms with van der Waals surface area (Å²) in [5, 5.41) is 0. The lowest BCUT2D eigenvalue weighted by molar-refractivity contribution is -0.141. The van der Waals surface area contributed by atoms with E-state index in [1.54, 1.807) is 12.1 Å². The maximum Gasteiger partial charge on any atom is 0.307 e. The number of rotatable bonds is 2. The molecule has 0 aromatic heterocycles. The summed E-state index contributed by atoms with van der Waals surface area (Å²) < 4.78 is 30.7. The molecule has 6 nitrogen and oxygen atoms in total. The number of carbonyl (C=O) groups excluding carboxylic acids is 2. The molecule has 20 heavy (non-hydrogen) atoms. The Morgan fingerprint density at radius 2 is 1.85 bits per heavy atom. The Balaban J connectivity index is 1.92. The number of carbonyl (C=O) groups is 2. The van der Waals surface area contributed by atoms with Crippen molar-refractivity contribution < 1.29 is 22.7 Å². The lowest BCUT2D eigenvalue weighted by atomic mass is 10.1. The molecule has 0 radical (unpaired) electrons. The fourth-order valence-corrected chi connectivity index (χ4v) is 3.96. The number of benzene rings is 1. The third-order valence-electron chi connectivity index (χ3n) is 3.64. The van der Waals surface area contributed by atoms with E-state index in [2.05, 4.69) is 0 Å². The molecule has 0 spiro atoms. The van der Waals surface area contributed by atoms with Crippen LogP contribution in [-0.2, 0) is 24.3 Å². The number of hydrogen-bond donors (Lipinski definition) is 0. The van der Waals surface area contributed by atoms with Crippen LogP contribution in [0.2, 0.25) is 0 Å². The summed E-state index contributed by atoms with van der Waals surface area (Å²) in [5.74, 6) is -1.66. The van der Waals surface area contributed by atoms with E-state index in [4.69, 9.17) is 4.74 Å². The summed E-state index contributed by atoms with van der Waals surface area (Å²) in [7, 11) is -3.87. The second kappa shape index (κ2) is 4.31. The minimum atomic E-state index is -3.87. The topological polar surface area (TPSA) is 80.8 Å². The number of hydrogen-bond acceptors (Lipinski definition) is 5. The van der Waals surface area contributed by atoms with E-state index in [0.29, 0.717) is 0 Å². The van der Waals surface area contributed by atoms with Crippen LogP contribution in [0.5, 0.6) is 0 Å². The first-order valence-corrected chi connectivity index (χ1v) is 7.66. The molecule has 2 aliphatic heterocycles. The predicted octanol–water partition coefficient (Wildman–Crippen LogP) is 0.458. The van der Waals surface area contributed by atoms with Gasteiger partial charge in [0.05, 0.1) is 23.8 Å². The van der Waals surface area contributed by atoms with Crippen molar-refractivity contribution in [3.8, 4) is 0 Å². The van der Waals surface area contributed by atoms with Crippen molar-refractivity contribution in [1.29, 1.82) is 0 Å². The van der Waals surface area contributed by atoms with Gasteiger partial charge in [-0.25, -0.2) is 12.7 Å². The zero-order valence-corrected chi connectivity index (χ0v) is 11.6. The number of fused-ring (bicyclic) bond motifs is 1. The predicted molar refractivity (Wildman–Crippen MR) is 68.1 cm³/mol. The standard InChI is InChI=1S/C13H13NO5S/c1-8-2-4-9(5-3-8)20(17,18)14-7-11-10(13(14)16)6-12(15)19-11/h2-5,10-11H,6-7H2,1H3/t10-,11-/m1/s1. The Bertz CT molecular complexity index is 679. The van der Waals surface area contributed by atoms with E-state index < -0.39 is 33.9 Å². The molecule has 0 unspecified atom stereocenters. The zero-order chi connectivity index (χ0) is 14.5. The van der Waals surface area contributed by atoms with Crippen molar-refractivity contribution in [3.05, 3.63) is 29.8 Å². The molecule has 0 N–H and O–H groups in total. The molecule has 0 aliphatic carbocycles. The van der Waals surface area contributed by atoms with Crippen LogP contribution in [-0.4, -0.2) is 37.2 Å². The number of ether oxygens (including phenoxy) is 1. The molecule has 0 bridgehead atoms. The number of aryl methyl sites for hydroxylation is 1. The Hall–Kier alpha value is -1.89. The average molecular weight is 295 g/mol. The van der Waals surface area contributed by atoms with Gasteiger partial charge in [0.2, 0.25) is 5.91 Å². The highest BCUT2D eigenvalue weighted by Crippen LogP contribution is 2.34. The third-order valence-corrected chi connectivity index (χ3v) is 5.41. The van der Waals surface area contributed by atoms with E-state index in [-0.39, 0.29) is 17.9 Å². The Labute approximate surface area is 116 Å². The summed E-state index contributed by atoms with van der Waals surface area (Å²) in [6.07, 6.45) is -0.682. The zero-order valence-electron chi connectivity index (χ0n) is 10.8. The highest BCUT2D eigenvalue weighted by molar-refractivity contribution is 7.89. The fraction of sp³-hybridized carbons (Fsp3) is 0.385. The summed E-state index contributed by atoms with van der Waals surface area (Å²) >= 11 is 0. The molecule has 0 saturated carbocycles. The molecule has 1 aromatic rings. The number of amides is 1. The summed E-state index contributed by atoms with van der Waals surface area (Å²) in [5.41, 5.74) is 0.933. The molecular formula is C13H13NO5S. The second-order valence-electron chi connectivity index (χ2n) is 5.03. The van der Waals surface area contributed by atoms with Crippen LogP contribution < -0.4 is 0 Å². The molecule has 2 saturated heterocycles. The Morgan fingerprint density at radius 3 is 2.45 bits per heavy atom. The molecule has 2 aliphatic rings. The van der Waals surface area contributed by atoms with Gasteiger partial charge in [-0.15, -0.1) is 0 Å². The van der Waals surface area contributed by atoms with Crippen molar-refractivity contribution in [2.24, 2.45) is 5.92 Å². The van der Waals surface area contributed by atoms with E-state index >= 15 is 0 Å². The molecule has 2 atom stereocenters. The number of nitrogens with zero attached hydrogens (tertiary/aromatic N) is 1. The van der Waals surface area contributed by atoms with Gasteiger partial charge in [-0.3, -0.25) is 9.59 Å². The third kappa shape index (κ3) is 1.89. The minimum Gasteiger partial charge on any atom is -0.460 e. The van der Waals surface area contributed by atoms with Gasteiger partial charge in [-0.1, -0.05) is 17.7 Å². The monoisotopic (exact) mass is 295 g/mol. The van der Waals surface area contributed by atoms with Crippen molar-refractivity contribution in [2.75, 3.05) is 6.54 Å². The first-order chi connectivity index (χ1) is 9.39. The van der Waals surface area contributed by atoms with Crippen molar-refractivity contribution in [3.63, 3.8) is 0 Å². The smallest absolute Gasteiger partial charge is 0.307 e. The second-order valence-corrected chi connectivity index (χ2v) is 6.89. The highest BCUT2D eigenvalue weighted by Gasteiger charge is 2.52. The van der Waals surface area contributed by atoms with Crippen LogP contribution in [0.4, 0.5) is 0 Å². The van der Waals surface area contributed by atoms with E-state index in [1.807, 2.05) is 6.92 Å². The van der Waals surface area contributed by atoms with Gasteiger partial charge in [0.25, 0.3) is 10.0 Å². The largest absolute Gasteiger partial charge is 0.460 e. The van der Waals surface area contributed by atoms with Gasteiger partial charge in [0.15, 0.2) is 0 Å². The van der Waals surface area contributed by atoms with Crippen LogP contribution in [0, 0.1) is 12.8 Å². The lowest BCUT2D eigenvalue weighted by Gasteiger charge is -2.17. The SMILES string of the molecule is Cc1ccc(S(=O)(=O)N2C[C@H]3OC(=O)C[C@H]3C2=O)cc1. The van der Waals surface area contributed by atoms with Crippen LogP contribution >= 0.6 is 0 Å². The Kier molecular flexibility index (Phi) is 2.82. The summed E-state index contributed by atoms with van der Waals surface area (Å²) in [4.78, 5) is 23.3. The van der Waals surface area contributed by atoms with E-state index in [9.17, 15) is 18.0 Å². The number of sulfonamides is 1. The van der Waals surface area contributed by atoms with Gasteiger partial charge < -0.3 is 4.74 Å². The van der Waals surface area contributed by atoms with Crippen molar-refractivity contribution >= 4 is 21.9 Å². The Morgan fingerprint density at radius 1 is 1.20 bits per heavy atom. The lowest BCUT2D eigenvalue weighted by Crippen LogP contribution is -2.34. The minimum absolute atomic E-state index is 0.0383. The average Bonchev–Trinajstić information content (AvgIpc) is 2.89. The van der Waals surface area contributed by atoms with Crippen LogP contribution in [0.15, 0.2) is 29.2 Å². The van der Waals surface area contributed by atoms with Gasteiger partial charge in [0, 0.05) is 0 Å². The molecule has 1 aromatic carbocycles. The quantitative estimate of drug-likeness (QED) is 0.740. The first-order valence-electron chi connectivity index (χ1n) is 6.22. The van der Waals surface area contributed by atoms with Gasteiger partial charge in [0.1, 0.15) is 6.10 Å². The van der Waals surface area contributed by atoms with E-state index in [0.717, 1.165) is 9.87 Å². The molecular weight excluding hydrogens is 282 g/mol. The summed E-state index contributed by atoms with van der Waals surface area (Å²) in [6, 6.07) is 6.29. The maximum absolute atomic E-state index is 12.4. The van der Waals surface area contributed by atoms with Crippen molar-refractivity contribution in [2.45, 2.75) is 24.3 Å². The molecule has 2 heterocycles. The molecule has 1 amide bonds. The van der Waals surface area contributed by atoms with E-state index in [1.165, 1.54) is 12.1 Å². The molecule has 3 rings (SSSR count). The molecule has 7 heteroatoms. The van der Waals surface area contributed by atoms with Crippen LogP contribution in [0.1, 0.15) is 12.0 Å².